The van der Waals surface area contributed by atoms with Crippen molar-refractivity contribution in [1.82, 2.24) is 19.7 Å². The van der Waals surface area contributed by atoms with E-state index in [1.807, 2.05) is 30.7 Å². The third-order valence-electron chi connectivity index (χ3n) is 2.47. The van der Waals surface area contributed by atoms with Crippen molar-refractivity contribution < 1.29 is 0 Å². The topological polar surface area (TPSA) is 46.5 Å². The Morgan fingerprint density at radius 1 is 1.29 bits per heavy atom. The fourth-order valence-corrected chi connectivity index (χ4v) is 2.11. The van der Waals surface area contributed by atoms with Gasteiger partial charge in [-0.15, -0.1) is 0 Å². The normalized spacial score (nSPS) is 10.8. The van der Waals surface area contributed by atoms with Gasteiger partial charge in [-0.1, -0.05) is 25.6 Å². The van der Waals surface area contributed by atoms with Crippen molar-refractivity contribution in [2.75, 3.05) is 0 Å². The molecule has 0 amide bonds. The molecule has 17 heavy (non-hydrogen) atoms. The number of H-pyrrole nitrogens is 1. The minimum atomic E-state index is 0.756. The number of aromatic amines is 1. The Hall–Kier alpha value is -1.49. The summed E-state index contributed by atoms with van der Waals surface area (Å²) in [7, 11) is 0. The van der Waals surface area contributed by atoms with Crippen LogP contribution < -0.4 is 0 Å². The number of hydrogen-bond donors (Lipinski definition) is 1. The molecule has 2 rings (SSSR count). The fraction of sp³-hybridized carbons (Fsp3) is 0.417. The van der Waals surface area contributed by atoms with Crippen LogP contribution in [0.2, 0.25) is 0 Å². The van der Waals surface area contributed by atoms with Gasteiger partial charge in [-0.3, -0.25) is 5.10 Å². The Morgan fingerprint density at radius 2 is 2.06 bits per heavy atom. The van der Waals surface area contributed by atoms with Gasteiger partial charge in [0.1, 0.15) is 10.5 Å². The molecule has 0 aliphatic heterocycles. The van der Waals surface area contributed by atoms with E-state index in [0.717, 1.165) is 40.5 Å². The zero-order valence-electron chi connectivity index (χ0n) is 10.3. The lowest BCUT2D eigenvalue weighted by molar-refractivity contribution is 0.774. The molecule has 0 unspecified atom stereocenters. The van der Waals surface area contributed by atoms with Gasteiger partial charge >= 0.3 is 0 Å². The van der Waals surface area contributed by atoms with E-state index in [-0.39, 0.29) is 0 Å². The van der Waals surface area contributed by atoms with Gasteiger partial charge < -0.3 is 0 Å². The van der Waals surface area contributed by atoms with Crippen molar-refractivity contribution in [3.8, 4) is 5.82 Å². The Bertz CT molecular complexity index is 562. The predicted molar refractivity (Wildman–Crippen MR) is 70.0 cm³/mol. The summed E-state index contributed by atoms with van der Waals surface area (Å²) < 4.78 is 2.59. The lowest BCUT2D eigenvalue weighted by Gasteiger charge is -2.04. The highest BCUT2D eigenvalue weighted by Crippen LogP contribution is 2.10. The lowest BCUT2D eigenvalue weighted by atomic mass is 10.3. The summed E-state index contributed by atoms with van der Waals surface area (Å²) in [5.41, 5.74) is 2.09. The molecule has 0 aromatic carbocycles. The van der Waals surface area contributed by atoms with Gasteiger partial charge in [0.2, 0.25) is 0 Å². The molecule has 5 heteroatoms. The second kappa shape index (κ2) is 4.79. The van der Waals surface area contributed by atoms with Crippen LogP contribution in [0.5, 0.6) is 0 Å². The number of hydrogen-bond acceptors (Lipinski definition) is 3. The lowest BCUT2D eigenvalue weighted by Crippen LogP contribution is -2.04. The standard InChI is InChI=1S/C12H16N4S/c1-4-5-10-7-12(17)16(15-10)11-6-8(2)13-9(3)14-11/h6-7,15H,4-5H2,1-3H3. The number of aryl methyl sites for hydroxylation is 3. The molecule has 0 spiro atoms. The summed E-state index contributed by atoms with van der Waals surface area (Å²) in [4.78, 5) is 8.65. The molecule has 0 radical (unpaired) electrons. The van der Waals surface area contributed by atoms with Gasteiger partial charge in [-0.2, -0.15) is 0 Å². The zero-order chi connectivity index (χ0) is 12.4. The van der Waals surface area contributed by atoms with Crippen LogP contribution in [0.4, 0.5) is 0 Å². The first-order valence-electron chi connectivity index (χ1n) is 5.73. The van der Waals surface area contributed by atoms with E-state index in [4.69, 9.17) is 12.2 Å². The quantitative estimate of drug-likeness (QED) is 0.850. The van der Waals surface area contributed by atoms with Crippen LogP contribution in [0, 0.1) is 18.5 Å². The van der Waals surface area contributed by atoms with E-state index in [1.165, 1.54) is 0 Å². The van der Waals surface area contributed by atoms with Crippen LogP contribution in [-0.2, 0) is 6.42 Å². The second-order valence-electron chi connectivity index (χ2n) is 4.12. The van der Waals surface area contributed by atoms with E-state index in [0.29, 0.717) is 0 Å². The number of aromatic nitrogens is 4. The number of nitrogens with one attached hydrogen (secondary N) is 1. The predicted octanol–water partition coefficient (Wildman–Crippen LogP) is 2.89. The van der Waals surface area contributed by atoms with E-state index in [2.05, 4.69) is 22.0 Å². The maximum atomic E-state index is 5.33. The van der Waals surface area contributed by atoms with Crippen LogP contribution in [0.15, 0.2) is 12.1 Å². The summed E-state index contributed by atoms with van der Waals surface area (Å²) in [5.74, 6) is 1.57. The smallest absolute Gasteiger partial charge is 0.156 e. The number of rotatable bonds is 3. The zero-order valence-corrected chi connectivity index (χ0v) is 11.1. The molecule has 0 atom stereocenters. The molecule has 90 valence electrons. The van der Waals surface area contributed by atoms with Crippen LogP contribution in [0.1, 0.15) is 30.6 Å². The summed E-state index contributed by atoms with van der Waals surface area (Å²) >= 11 is 5.33. The van der Waals surface area contributed by atoms with Crippen molar-refractivity contribution in [3.05, 3.63) is 34.0 Å². The van der Waals surface area contributed by atoms with Crippen LogP contribution >= 0.6 is 12.2 Å². The van der Waals surface area contributed by atoms with Crippen molar-refractivity contribution in [1.29, 1.82) is 0 Å². The van der Waals surface area contributed by atoms with Crippen LogP contribution in [0.25, 0.3) is 5.82 Å². The Labute approximate surface area is 106 Å². The highest BCUT2D eigenvalue weighted by molar-refractivity contribution is 7.71. The van der Waals surface area contributed by atoms with Crippen molar-refractivity contribution in [2.24, 2.45) is 0 Å². The molecular weight excluding hydrogens is 232 g/mol. The molecule has 1 N–H and O–H groups in total. The summed E-state index contributed by atoms with van der Waals surface area (Å²) in [5, 5.41) is 3.28. The Balaban J connectivity index is 2.48. The van der Waals surface area contributed by atoms with Gasteiger partial charge in [0, 0.05) is 17.5 Å². The van der Waals surface area contributed by atoms with E-state index < -0.39 is 0 Å². The Kier molecular flexibility index (Phi) is 3.38. The second-order valence-corrected chi connectivity index (χ2v) is 4.54. The minimum Gasteiger partial charge on any atom is -0.296 e. The average molecular weight is 248 g/mol. The minimum absolute atomic E-state index is 0.756. The molecule has 2 heterocycles. The van der Waals surface area contributed by atoms with Crippen molar-refractivity contribution >= 4 is 12.2 Å². The highest BCUT2D eigenvalue weighted by Gasteiger charge is 2.05. The molecule has 0 saturated heterocycles. The first kappa shape index (κ1) is 12.0. The van der Waals surface area contributed by atoms with Crippen molar-refractivity contribution in [2.45, 2.75) is 33.6 Å². The molecule has 0 fully saturated rings. The molecule has 4 nitrogen and oxygen atoms in total. The molecule has 0 aliphatic carbocycles. The maximum absolute atomic E-state index is 5.33. The molecule has 0 aliphatic rings. The van der Waals surface area contributed by atoms with E-state index in [9.17, 15) is 0 Å². The molecule has 2 aromatic rings. The molecule has 2 aromatic heterocycles. The maximum Gasteiger partial charge on any atom is 0.156 e. The van der Waals surface area contributed by atoms with Gasteiger partial charge in [0.25, 0.3) is 0 Å². The van der Waals surface area contributed by atoms with E-state index in [1.54, 1.807) is 0 Å². The van der Waals surface area contributed by atoms with Crippen LogP contribution in [-0.4, -0.2) is 19.7 Å². The van der Waals surface area contributed by atoms with Gasteiger partial charge in [-0.25, -0.2) is 14.6 Å². The third-order valence-corrected chi connectivity index (χ3v) is 2.77. The Morgan fingerprint density at radius 3 is 2.71 bits per heavy atom. The van der Waals surface area contributed by atoms with Crippen molar-refractivity contribution in [3.63, 3.8) is 0 Å². The van der Waals surface area contributed by atoms with Gasteiger partial charge in [0.15, 0.2) is 5.82 Å². The van der Waals surface area contributed by atoms with Gasteiger partial charge in [0.05, 0.1) is 0 Å². The highest BCUT2D eigenvalue weighted by atomic mass is 32.1. The molecule has 0 bridgehead atoms. The molecule has 0 saturated carbocycles. The average Bonchev–Trinajstić information content (AvgIpc) is 2.58. The summed E-state index contributed by atoms with van der Waals surface area (Å²) in [6.07, 6.45) is 2.09. The fourth-order valence-electron chi connectivity index (χ4n) is 1.82. The first-order valence-corrected chi connectivity index (χ1v) is 6.14. The SMILES string of the molecule is CCCc1cc(=S)n(-c2cc(C)nc(C)n2)[nH]1. The largest absolute Gasteiger partial charge is 0.296 e. The molecular formula is C12H16N4S. The third kappa shape index (κ3) is 2.61. The van der Waals surface area contributed by atoms with Gasteiger partial charge in [-0.05, 0) is 26.3 Å². The monoisotopic (exact) mass is 248 g/mol. The number of nitrogens with zero attached hydrogens (tertiary/aromatic N) is 3. The summed E-state index contributed by atoms with van der Waals surface area (Å²) in [6, 6.07) is 3.92. The van der Waals surface area contributed by atoms with E-state index >= 15 is 0 Å². The first-order chi connectivity index (χ1) is 8.10. The van der Waals surface area contributed by atoms with Crippen LogP contribution in [0.3, 0.4) is 0 Å². The summed E-state index contributed by atoms with van der Waals surface area (Å²) in [6.45, 7) is 5.99.